The summed E-state index contributed by atoms with van der Waals surface area (Å²) < 4.78 is 53.3. The van der Waals surface area contributed by atoms with Crippen molar-refractivity contribution in [3.8, 4) is 0 Å². The third-order valence-electron chi connectivity index (χ3n) is 3.37. The SMILES string of the molecule is CNS(=O)(=O)c1cccc(S(=O)(=O)Nc2ccc(SC(=O)N(C)C)cc2)c1. The van der Waals surface area contributed by atoms with Crippen LogP contribution in [-0.2, 0) is 20.0 Å². The van der Waals surface area contributed by atoms with Crippen LogP contribution in [0.2, 0.25) is 0 Å². The highest BCUT2D eigenvalue weighted by molar-refractivity contribution is 8.13. The number of sulfonamides is 2. The van der Waals surface area contributed by atoms with Crippen LogP contribution in [0, 0.1) is 0 Å². The van der Waals surface area contributed by atoms with Crippen molar-refractivity contribution in [2.45, 2.75) is 14.7 Å². The Morgan fingerprint density at radius 2 is 1.48 bits per heavy atom. The van der Waals surface area contributed by atoms with Crippen LogP contribution in [0.4, 0.5) is 10.5 Å². The first-order valence-corrected chi connectivity index (χ1v) is 11.4. The highest BCUT2D eigenvalue weighted by Crippen LogP contribution is 2.24. The Morgan fingerprint density at radius 1 is 0.926 bits per heavy atom. The molecule has 0 heterocycles. The Balaban J connectivity index is 2.22. The molecule has 2 rings (SSSR count). The van der Waals surface area contributed by atoms with E-state index in [9.17, 15) is 21.6 Å². The van der Waals surface area contributed by atoms with E-state index in [0.717, 1.165) is 17.8 Å². The Morgan fingerprint density at radius 3 is 2.00 bits per heavy atom. The number of benzene rings is 2. The number of carbonyl (C=O) groups excluding carboxylic acids is 1. The minimum absolute atomic E-state index is 0.147. The molecule has 0 radical (unpaired) electrons. The van der Waals surface area contributed by atoms with Crippen molar-refractivity contribution in [1.29, 1.82) is 0 Å². The summed E-state index contributed by atoms with van der Waals surface area (Å²) in [5, 5.41) is -0.147. The van der Waals surface area contributed by atoms with Gasteiger partial charge in [-0.15, -0.1) is 0 Å². The predicted molar refractivity (Wildman–Crippen MR) is 105 cm³/mol. The molecule has 27 heavy (non-hydrogen) atoms. The number of nitrogens with zero attached hydrogens (tertiary/aromatic N) is 1. The Labute approximate surface area is 163 Å². The molecule has 2 N–H and O–H groups in total. The van der Waals surface area contributed by atoms with E-state index in [1.54, 1.807) is 26.2 Å². The molecule has 0 aromatic heterocycles. The molecule has 0 bridgehead atoms. The zero-order chi connectivity index (χ0) is 20.2. The maximum absolute atomic E-state index is 12.5. The van der Waals surface area contributed by atoms with Gasteiger partial charge in [-0.3, -0.25) is 9.52 Å². The highest BCUT2D eigenvalue weighted by Gasteiger charge is 2.19. The minimum Gasteiger partial charge on any atom is -0.339 e. The van der Waals surface area contributed by atoms with Crippen LogP contribution in [-0.4, -0.2) is 48.1 Å². The van der Waals surface area contributed by atoms with Crippen molar-refractivity contribution in [2.24, 2.45) is 0 Å². The molecule has 0 saturated carbocycles. The number of hydrogen-bond donors (Lipinski definition) is 2. The molecule has 0 aliphatic rings. The van der Waals surface area contributed by atoms with Crippen LogP contribution in [0.5, 0.6) is 0 Å². The standard InChI is InChI=1S/C16H19N3O5S3/c1-17-26(21,22)14-5-4-6-15(11-14)27(23,24)18-12-7-9-13(10-8-12)25-16(20)19(2)3/h4-11,17-18H,1-3H3. The van der Waals surface area contributed by atoms with E-state index in [2.05, 4.69) is 9.44 Å². The number of hydrogen-bond acceptors (Lipinski definition) is 6. The van der Waals surface area contributed by atoms with Crippen molar-refractivity contribution in [3.63, 3.8) is 0 Å². The van der Waals surface area contributed by atoms with Gasteiger partial charge in [0.05, 0.1) is 9.79 Å². The fourth-order valence-corrected chi connectivity index (χ4v) is 4.53. The third-order valence-corrected chi connectivity index (χ3v) is 7.21. The zero-order valence-electron chi connectivity index (χ0n) is 14.8. The second kappa shape index (κ2) is 8.30. The van der Waals surface area contributed by atoms with Gasteiger partial charge in [-0.05, 0) is 61.3 Å². The van der Waals surface area contributed by atoms with Gasteiger partial charge in [-0.1, -0.05) is 6.07 Å². The van der Waals surface area contributed by atoms with E-state index in [1.165, 1.54) is 42.3 Å². The normalized spacial score (nSPS) is 11.8. The predicted octanol–water partition coefficient (Wildman–Crippen LogP) is 2.17. The molecule has 0 spiro atoms. The summed E-state index contributed by atoms with van der Waals surface area (Å²) >= 11 is 1.02. The summed E-state index contributed by atoms with van der Waals surface area (Å²) in [6.07, 6.45) is 0. The lowest BCUT2D eigenvalue weighted by Gasteiger charge is -2.11. The summed E-state index contributed by atoms with van der Waals surface area (Å²) in [6, 6.07) is 11.3. The van der Waals surface area contributed by atoms with Gasteiger partial charge in [0.25, 0.3) is 15.3 Å². The highest BCUT2D eigenvalue weighted by atomic mass is 32.2. The van der Waals surface area contributed by atoms with Crippen LogP contribution >= 0.6 is 11.8 Å². The maximum Gasteiger partial charge on any atom is 0.285 e. The number of nitrogens with one attached hydrogen (secondary N) is 2. The van der Waals surface area contributed by atoms with Crippen molar-refractivity contribution in [1.82, 2.24) is 9.62 Å². The molecular formula is C16H19N3O5S3. The van der Waals surface area contributed by atoms with E-state index in [0.29, 0.717) is 10.6 Å². The fraction of sp³-hybridized carbons (Fsp3) is 0.188. The molecule has 2 aromatic carbocycles. The largest absolute Gasteiger partial charge is 0.339 e. The van der Waals surface area contributed by atoms with E-state index in [4.69, 9.17) is 0 Å². The first-order valence-electron chi connectivity index (χ1n) is 7.61. The average Bonchev–Trinajstić information content (AvgIpc) is 2.63. The fourth-order valence-electron chi connectivity index (χ4n) is 1.92. The Hall–Kier alpha value is -2.08. The molecule has 0 atom stereocenters. The Kier molecular flexibility index (Phi) is 6.52. The number of carbonyl (C=O) groups is 1. The van der Waals surface area contributed by atoms with Gasteiger partial charge in [0.2, 0.25) is 10.0 Å². The van der Waals surface area contributed by atoms with E-state index < -0.39 is 20.0 Å². The molecule has 8 nitrogen and oxygen atoms in total. The summed E-state index contributed by atoms with van der Waals surface area (Å²) in [4.78, 5) is 13.4. The Bertz CT molecular complexity index is 1030. The number of anilines is 1. The maximum atomic E-state index is 12.5. The van der Waals surface area contributed by atoms with Crippen molar-refractivity contribution in [3.05, 3.63) is 48.5 Å². The van der Waals surface area contributed by atoms with Crippen LogP contribution in [0.3, 0.4) is 0 Å². The monoisotopic (exact) mass is 429 g/mol. The topological polar surface area (TPSA) is 113 Å². The molecule has 11 heteroatoms. The summed E-state index contributed by atoms with van der Waals surface area (Å²) in [7, 11) is -3.21. The van der Waals surface area contributed by atoms with Crippen molar-refractivity contribution < 1.29 is 21.6 Å². The van der Waals surface area contributed by atoms with Gasteiger partial charge in [0.15, 0.2) is 0 Å². The summed E-state index contributed by atoms with van der Waals surface area (Å²) in [5.74, 6) is 0. The van der Waals surface area contributed by atoms with Crippen molar-refractivity contribution >= 4 is 42.7 Å². The first-order chi connectivity index (χ1) is 12.5. The van der Waals surface area contributed by atoms with E-state index in [1.807, 2.05) is 0 Å². The number of amides is 1. The molecule has 2 aromatic rings. The number of rotatable bonds is 6. The zero-order valence-corrected chi connectivity index (χ0v) is 17.3. The van der Waals surface area contributed by atoms with Crippen LogP contribution in [0.1, 0.15) is 0 Å². The lowest BCUT2D eigenvalue weighted by molar-refractivity contribution is 0.241. The van der Waals surface area contributed by atoms with Gasteiger partial charge < -0.3 is 4.90 Å². The summed E-state index contributed by atoms with van der Waals surface area (Å²) in [5.41, 5.74) is 0.290. The molecule has 1 amide bonds. The molecular weight excluding hydrogens is 410 g/mol. The average molecular weight is 430 g/mol. The van der Waals surface area contributed by atoms with Gasteiger partial charge in [0, 0.05) is 24.7 Å². The lowest BCUT2D eigenvalue weighted by Crippen LogP contribution is -2.19. The van der Waals surface area contributed by atoms with Crippen LogP contribution < -0.4 is 9.44 Å². The molecule has 0 aliphatic carbocycles. The van der Waals surface area contributed by atoms with Gasteiger partial charge >= 0.3 is 0 Å². The van der Waals surface area contributed by atoms with Gasteiger partial charge in [-0.2, -0.15) is 0 Å². The minimum atomic E-state index is -3.98. The molecule has 0 aliphatic heterocycles. The first kappa shape index (κ1) is 21.2. The molecule has 0 unspecified atom stereocenters. The second-order valence-electron chi connectivity index (χ2n) is 5.57. The van der Waals surface area contributed by atoms with Crippen molar-refractivity contribution in [2.75, 3.05) is 25.9 Å². The second-order valence-corrected chi connectivity index (χ2v) is 10.2. The lowest BCUT2D eigenvalue weighted by atomic mass is 10.3. The van der Waals surface area contributed by atoms with Gasteiger partial charge in [0.1, 0.15) is 0 Å². The molecule has 0 fully saturated rings. The van der Waals surface area contributed by atoms with E-state index in [-0.39, 0.29) is 15.0 Å². The smallest absolute Gasteiger partial charge is 0.285 e. The quantitative estimate of drug-likeness (QED) is 0.681. The molecule has 0 saturated heterocycles. The van der Waals surface area contributed by atoms with Gasteiger partial charge in [-0.25, -0.2) is 21.6 Å². The van der Waals surface area contributed by atoms with E-state index >= 15 is 0 Å². The van der Waals surface area contributed by atoms with Crippen LogP contribution in [0.15, 0.2) is 63.2 Å². The third kappa shape index (κ3) is 5.45. The molecule has 146 valence electrons. The van der Waals surface area contributed by atoms with Crippen LogP contribution in [0.25, 0.3) is 0 Å². The summed E-state index contributed by atoms with van der Waals surface area (Å²) in [6.45, 7) is 0. The number of thioether (sulfide) groups is 1.